The molecule has 2 nitrogen and oxygen atoms in total. The van der Waals surface area contributed by atoms with Gasteiger partial charge in [-0.15, -0.1) is 0 Å². The second-order valence-corrected chi connectivity index (χ2v) is 15.3. The fraction of sp³-hybridized carbons (Fsp3) is 0. The lowest BCUT2D eigenvalue weighted by Crippen LogP contribution is -2.10. The molecule has 11 aromatic rings. The highest BCUT2D eigenvalue weighted by Gasteiger charge is 2.21. The fourth-order valence-electron chi connectivity index (χ4n) is 8.71. The van der Waals surface area contributed by atoms with Crippen LogP contribution in [0.4, 0.5) is 17.1 Å². The summed E-state index contributed by atoms with van der Waals surface area (Å²) in [5.41, 5.74) is 16.9. The molecule has 0 aliphatic rings. The zero-order chi connectivity index (χ0) is 39.8. The van der Waals surface area contributed by atoms with Crippen molar-refractivity contribution in [3.05, 3.63) is 237 Å². The summed E-state index contributed by atoms with van der Waals surface area (Å²) in [7, 11) is 0. The number of hydrogen-bond acceptors (Lipinski definition) is 2. The maximum absolute atomic E-state index is 6.69. The van der Waals surface area contributed by atoms with Crippen molar-refractivity contribution >= 4 is 49.8 Å². The number of nitrogens with zero attached hydrogens (tertiary/aromatic N) is 1. The molecule has 0 amide bonds. The Balaban J connectivity index is 1.03. The topological polar surface area (TPSA) is 16.4 Å². The third-order valence-electron chi connectivity index (χ3n) is 11.7. The van der Waals surface area contributed by atoms with Crippen molar-refractivity contribution in [1.29, 1.82) is 0 Å². The van der Waals surface area contributed by atoms with Crippen molar-refractivity contribution < 1.29 is 4.42 Å². The summed E-state index contributed by atoms with van der Waals surface area (Å²) in [5, 5.41) is 4.47. The largest absolute Gasteiger partial charge is 0.455 e. The number of anilines is 3. The van der Waals surface area contributed by atoms with Crippen LogP contribution in [0.5, 0.6) is 0 Å². The zero-order valence-corrected chi connectivity index (χ0v) is 32.9. The second kappa shape index (κ2) is 15.1. The lowest BCUT2D eigenvalue weighted by molar-refractivity contribution is 0.672. The Morgan fingerprint density at radius 2 is 0.800 bits per heavy atom. The summed E-state index contributed by atoms with van der Waals surface area (Å²) in [4.78, 5) is 2.37. The minimum atomic E-state index is 0.863. The van der Waals surface area contributed by atoms with Gasteiger partial charge in [-0.05, 0) is 116 Å². The lowest BCUT2D eigenvalue weighted by atomic mass is 9.91. The Morgan fingerprint density at radius 3 is 1.45 bits per heavy atom. The SMILES string of the molecule is c1ccc(-c2cccc(-c3ccc(N(c4ccc(-c5ccc(-c6ccccc6)c(-c6ccccc6)c5)cc4)c4cccc5oc6c7ccccc7ccc6c45)cc3)c2)cc1. The Labute approximate surface area is 349 Å². The molecule has 0 bridgehead atoms. The van der Waals surface area contributed by atoms with Crippen LogP contribution in [0, 0.1) is 0 Å². The van der Waals surface area contributed by atoms with Crippen molar-refractivity contribution in [2.45, 2.75) is 0 Å². The van der Waals surface area contributed by atoms with E-state index in [2.05, 4.69) is 241 Å². The molecule has 0 unspecified atom stereocenters. The maximum atomic E-state index is 6.69. The summed E-state index contributed by atoms with van der Waals surface area (Å²) in [6.07, 6.45) is 0. The molecular formula is C58H39NO. The van der Waals surface area contributed by atoms with Crippen molar-refractivity contribution in [2.75, 3.05) is 4.90 Å². The molecule has 0 aliphatic heterocycles. The predicted molar refractivity (Wildman–Crippen MR) is 253 cm³/mol. The molecule has 0 spiro atoms. The number of furan rings is 1. The van der Waals surface area contributed by atoms with Crippen molar-refractivity contribution in [3.8, 4) is 55.6 Å². The van der Waals surface area contributed by atoms with Crippen LogP contribution in [0.15, 0.2) is 241 Å². The van der Waals surface area contributed by atoms with E-state index in [0.29, 0.717) is 0 Å². The van der Waals surface area contributed by atoms with E-state index < -0.39 is 0 Å². The molecule has 0 aliphatic carbocycles. The molecule has 11 rings (SSSR count). The number of rotatable bonds is 8. The standard InChI is InChI=1S/C58H39NO/c1-4-14-40(15-5-1)46-21-12-22-47(38-46)41-26-32-49(33-27-41)59(55-24-13-25-56-57(55)53-37-30-45-20-10-11-23-52(45)58(53)60-56)50-34-28-42(29-35-50)48-31-36-51(43-16-6-2-7-17-43)54(39-48)44-18-8-3-9-19-44/h1-39H. The Kier molecular flexibility index (Phi) is 8.87. The summed E-state index contributed by atoms with van der Waals surface area (Å²) < 4.78 is 6.69. The molecule has 60 heavy (non-hydrogen) atoms. The molecule has 282 valence electrons. The van der Waals surface area contributed by atoms with E-state index in [1.54, 1.807) is 0 Å². The molecule has 0 N–H and O–H groups in total. The number of hydrogen-bond donors (Lipinski definition) is 0. The third kappa shape index (κ3) is 6.41. The average molecular weight is 766 g/mol. The van der Waals surface area contributed by atoms with Gasteiger partial charge in [0.15, 0.2) is 0 Å². The van der Waals surface area contributed by atoms with Crippen LogP contribution in [0.2, 0.25) is 0 Å². The number of fused-ring (bicyclic) bond motifs is 5. The van der Waals surface area contributed by atoms with Gasteiger partial charge in [0.2, 0.25) is 0 Å². The third-order valence-corrected chi connectivity index (χ3v) is 11.7. The highest BCUT2D eigenvalue weighted by Crippen LogP contribution is 2.45. The first-order chi connectivity index (χ1) is 29.7. The highest BCUT2D eigenvalue weighted by atomic mass is 16.3. The van der Waals surface area contributed by atoms with Gasteiger partial charge in [0, 0.05) is 22.1 Å². The van der Waals surface area contributed by atoms with E-state index in [-0.39, 0.29) is 0 Å². The second-order valence-electron chi connectivity index (χ2n) is 15.3. The number of benzene rings is 10. The van der Waals surface area contributed by atoms with Crippen molar-refractivity contribution in [2.24, 2.45) is 0 Å². The van der Waals surface area contributed by atoms with Crippen molar-refractivity contribution in [3.63, 3.8) is 0 Å². The highest BCUT2D eigenvalue weighted by molar-refractivity contribution is 6.19. The van der Waals surface area contributed by atoms with Gasteiger partial charge in [0.05, 0.1) is 11.1 Å². The lowest BCUT2D eigenvalue weighted by Gasteiger charge is -2.27. The minimum absolute atomic E-state index is 0.863. The van der Waals surface area contributed by atoms with E-state index in [1.165, 1.54) is 50.1 Å². The van der Waals surface area contributed by atoms with Crippen LogP contribution in [-0.4, -0.2) is 0 Å². The first kappa shape index (κ1) is 35.2. The van der Waals surface area contributed by atoms with E-state index >= 15 is 0 Å². The van der Waals surface area contributed by atoms with E-state index in [9.17, 15) is 0 Å². The molecule has 0 saturated carbocycles. The van der Waals surface area contributed by atoms with Gasteiger partial charge in [0.25, 0.3) is 0 Å². The van der Waals surface area contributed by atoms with Gasteiger partial charge in [-0.1, -0.05) is 182 Å². The van der Waals surface area contributed by atoms with Crippen LogP contribution >= 0.6 is 0 Å². The molecule has 0 atom stereocenters. The van der Waals surface area contributed by atoms with E-state index in [4.69, 9.17) is 4.42 Å². The summed E-state index contributed by atoms with van der Waals surface area (Å²) in [6, 6.07) is 84.8. The monoisotopic (exact) mass is 765 g/mol. The molecular weight excluding hydrogens is 727 g/mol. The summed E-state index contributed by atoms with van der Waals surface area (Å²) in [6.45, 7) is 0. The Morgan fingerprint density at radius 1 is 0.300 bits per heavy atom. The van der Waals surface area contributed by atoms with Gasteiger partial charge in [-0.25, -0.2) is 0 Å². The van der Waals surface area contributed by atoms with Crippen LogP contribution in [0.25, 0.3) is 88.3 Å². The van der Waals surface area contributed by atoms with Crippen LogP contribution in [0.1, 0.15) is 0 Å². The van der Waals surface area contributed by atoms with Crippen LogP contribution < -0.4 is 4.90 Å². The van der Waals surface area contributed by atoms with Crippen LogP contribution in [0.3, 0.4) is 0 Å². The molecule has 10 aromatic carbocycles. The minimum Gasteiger partial charge on any atom is -0.455 e. The average Bonchev–Trinajstić information content (AvgIpc) is 3.73. The Hall–Kier alpha value is -7.94. The van der Waals surface area contributed by atoms with Gasteiger partial charge in [-0.3, -0.25) is 0 Å². The van der Waals surface area contributed by atoms with Gasteiger partial charge in [0.1, 0.15) is 11.2 Å². The molecule has 1 heterocycles. The first-order valence-corrected chi connectivity index (χ1v) is 20.5. The van der Waals surface area contributed by atoms with Gasteiger partial charge in [-0.2, -0.15) is 0 Å². The predicted octanol–water partition coefficient (Wildman–Crippen LogP) is 16.5. The summed E-state index contributed by atoms with van der Waals surface area (Å²) >= 11 is 0. The maximum Gasteiger partial charge on any atom is 0.143 e. The molecule has 0 fully saturated rings. The fourth-order valence-corrected chi connectivity index (χ4v) is 8.71. The van der Waals surface area contributed by atoms with E-state index in [0.717, 1.165) is 55.3 Å². The quantitative estimate of drug-likeness (QED) is 0.153. The zero-order valence-electron chi connectivity index (χ0n) is 32.9. The van der Waals surface area contributed by atoms with Crippen molar-refractivity contribution in [1.82, 2.24) is 0 Å². The molecule has 0 radical (unpaired) electrons. The normalized spacial score (nSPS) is 11.3. The van der Waals surface area contributed by atoms with Gasteiger partial charge >= 0.3 is 0 Å². The molecule has 1 aromatic heterocycles. The Bertz CT molecular complexity index is 3280. The molecule has 2 heteroatoms. The smallest absolute Gasteiger partial charge is 0.143 e. The van der Waals surface area contributed by atoms with E-state index in [1.807, 2.05) is 0 Å². The first-order valence-electron chi connectivity index (χ1n) is 20.5. The van der Waals surface area contributed by atoms with Crippen LogP contribution in [-0.2, 0) is 0 Å². The van der Waals surface area contributed by atoms with Gasteiger partial charge < -0.3 is 9.32 Å². The summed E-state index contributed by atoms with van der Waals surface area (Å²) in [5.74, 6) is 0. The molecule has 0 saturated heterocycles.